The summed E-state index contributed by atoms with van der Waals surface area (Å²) in [4.78, 5) is 15.2. The molecule has 0 N–H and O–H groups in total. The standard InChI is InChI=1S/C13H19NOS/c15-12(13-7-6-10-16-13)11-14-8-4-2-1-3-5-9-14/h6-7,10H,1-5,8-9,11H2. The van der Waals surface area contributed by atoms with Gasteiger partial charge in [0.1, 0.15) is 0 Å². The SMILES string of the molecule is O=C(CN1CCCCCCC1)c1cccs1. The molecule has 1 fully saturated rings. The summed E-state index contributed by atoms with van der Waals surface area (Å²) in [6.45, 7) is 2.80. The van der Waals surface area contributed by atoms with E-state index in [-0.39, 0.29) is 5.78 Å². The second-order valence-corrected chi connectivity index (χ2v) is 5.39. The number of likely N-dealkylation sites (tertiary alicyclic amines) is 1. The zero-order valence-corrected chi connectivity index (χ0v) is 10.5. The van der Waals surface area contributed by atoms with E-state index in [1.165, 1.54) is 32.1 Å². The summed E-state index contributed by atoms with van der Waals surface area (Å²) >= 11 is 1.55. The number of ketones is 1. The lowest BCUT2D eigenvalue weighted by molar-refractivity contribution is 0.0928. The monoisotopic (exact) mass is 237 g/mol. The molecule has 1 aliphatic heterocycles. The molecule has 1 aromatic heterocycles. The number of nitrogens with zero attached hydrogens (tertiary/aromatic N) is 1. The van der Waals surface area contributed by atoms with Gasteiger partial charge >= 0.3 is 0 Å². The number of Topliss-reactive ketones (excluding diaryl/α,β-unsaturated/α-hetero) is 1. The van der Waals surface area contributed by atoms with E-state index in [2.05, 4.69) is 4.90 Å². The molecule has 88 valence electrons. The highest BCUT2D eigenvalue weighted by atomic mass is 32.1. The highest BCUT2D eigenvalue weighted by Crippen LogP contribution is 2.13. The maximum absolute atomic E-state index is 11.9. The van der Waals surface area contributed by atoms with Crippen molar-refractivity contribution in [3.05, 3.63) is 22.4 Å². The van der Waals surface area contributed by atoms with Crippen LogP contribution in [0.2, 0.25) is 0 Å². The highest BCUT2D eigenvalue weighted by molar-refractivity contribution is 7.12. The topological polar surface area (TPSA) is 20.3 Å². The van der Waals surface area contributed by atoms with Crippen molar-refractivity contribution in [3.63, 3.8) is 0 Å². The number of hydrogen-bond donors (Lipinski definition) is 0. The first-order valence-electron chi connectivity index (χ1n) is 6.15. The van der Waals surface area contributed by atoms with Gasteiger partial charge in [0.05, 0.1) is 11.4 Å². The Morgan fingerprint density at radius 1 is 1.19 bits per heavy atom. The number of hydrogen-bond acceptors (Lipinski definition) is 3. The summed E-state index contributed by atoms with van der Waals surface area (Å²) in [5.41, 5.74) is 0. The first kappa shape index (κ1) is 11.8. The molecule has 0 atom stereocenters. The Bertz CT molecular complexity index is 313. The quantitative estimate of drug-likeness (QED) is 0.752. The van der Waals surface area contributed by atoms with Crippen LogP contribution in [0.5, 0.6) is 0 Å². The van der Waals surface area contributed by atoms with Crippen LogP contribution in [-0.2, 0) is 0 Å². The van der Waals surface area contributed by atoms with Crippen LogP contribution in [0.1, 0.15) is 41.8 Å². The molecule has 1 saturated heterocycles. The Morgan fingerprint density at radius 3 is 2.50 bits per heavy atom. The predicted octanol–water partition coefficient (Wildman–Crippen LogP) is 3.20. The summed E-state index contributed by atoms with van der Waals surface area (Å²) in [6.07, 6.45) is 6.51. The summed E-state index contributed by atoms with van der Waals surface area (Å²) in [5.74, 6) is 0.288. The van der Waals surface area contributed by atoms with Crippen LogP contribution >= 0.6 is 11.3 Å². The average Bonchev–Trinajstić information content (AvgIpc) is 2.74. The van der Waals surface area contributed by atoms with Crippen molar-refractivity contribution in [1.82, 2.24) is 4.90 Å². The fraction of sp³-hybridized carbons (Fsp3) is 0.615. The maximum atomic E-state index is 11.9. The van der Waals surface area contributed by atoms with E-state index in [1.54, 1.807) is 11.3 Å². The molecule has 2 nitrogen and oxygen atoms in total. The zero-order chi connectivity index (χ0) is 11.2. The molecule has 2 heterocycles. The van der Waals surface area contributed by atoms with Crippen molar-refractivity contribution in [1.29, 1.82) is 0 Å². The molecule has 2 rings (SSSR count). The van der Waals surface area contributed by atoms with E-state index in [4.69, 9.17) is 0 Å². The Kier molecular flexibility index (Phi) is 4.55. The van der Waals surface area contributed by atoms with Crippen LogP contribution in [0.4, 0.5) is 0 Å². The molecule has 0 bridgehead atoms. The lowest BCUT2D eigenvalue weighted by atomic mass is 10.1. The Hall–Kier alpha value is -0.670. The lowest BCUT2D eigenvalue weighted by Gasteiger charge is -2.23. The average molecular weight is 237 g/mol. The van der Waals surface area contributed by atoms with E-state index >= 15 is 0 Å². The van der Waals surface area contributed by atoms with Crippen LogP contribution in [0.25, 0.3) is 0 Å². The van der Waals surface area contributed by atoms with Gasteiger partial charge in [0.25, 0.3) is 0 Å². The van der Waals surface area contributed by atoms with E-state index in [9.17, 15) is 4.79 Å². The second kappa shape index (κ2) is 6.16. The van der Waals surface area contributed by atoms with E-state index in [1.807, 2.05) is 17.5 Å². The summed E-state index contributed by atoms with van der Waals surface area (Å²) in [7, 11) is 0. The molecule has 16 heavy (non-hydrogen) atoms. The highest BCUT2D eigenvalue weighted by Gasteiger charge is 2.14. The van der Waals surface area contributed by atoms with Crippen LogP contribution in [0, 0.1) is 0 Å². The maximum Gasteiger partial charge on any atom is 0.186 e. The minimum Gasteiger partial charge on any atom is -0.296 e. The van der Waals surface area contributed by atoms with Gasteiger partial charge in [-0.2, -0.15) is 0 Å². The van der Waals surface area contributed by atoms with Gasteiger partial charge in [-0.1, -0.05) is 25.3 Å². The van der Waals surface area contributed by atoms with Gasteiger partial charge in [0.15, 0.2) is 5.78 Å². The number of carbonyl (C=O) groups is 1. The summed E-state index contributed by atoms with van der Waals surface area (Å²) in [5, 5.41) is 1.97. The smallest absolute Gasteiger partial charge is 0.186 e. The molecule has 1 aromatic rings. The van der Waals surface area contributed by atoms with Crippen LogP contribution < -0.4 is 0 Å². The molecule has 0 amide bonds. The number of carbonyl (C=O) groups excluding carboxylic acids is 1. The minimum atomic E-state index is 0.288. The van der Waals surface area contributed by atoms with Gasteiger partial charge in [-0.3, -0.25) is 9.69 Å². The Morgan fingerprint density at radius 2 is 1.88 bits per heavy atom. The predicted molar refractivity (Wildman–Crippen MR) is 68.2 cm³/mol. The molecule has 1 aliphatic rings. The van der Waals surface area contributed by atoms with Gasteiger partial charge in [-0.25, -0.2) is 0 Å². The molecular weight excluding hydrogens is 218 g/mol. The fourth-order valence-corrected chi connectivity index (χ4v) is 2.85. The van der Waals surface area contributed by atoms with Crippen molar-refractivity contribution in [3.8, 4) is 0 Å². The largest absolute Gasteiger partial charge is 0.296 e. The third-order valence-corrected chi connectivity index (χ3v) is 4.02. The minimum absolute atomic E-state index is 0.288. The van der Waals surface area contributed by atoms with Gasteiger partial charge < -0.3 is 0 Å². The molecule has 0 unspecified atom stereocenters. The number of thiophene rings is 1. The van der Waals surface area contributed by atoms with Gasteiger partial charge in [-0.05, 0) is 37.4 Å². The third-order valence-electron chi connectivity index (χ3n) is 3.11. The van der Waals surface area contributed by atoms with Crippen molar-refractivity contribution in [2.24, 2.45) is 0 Å². The van der Waals surface area contributed by atoms with Crippen molar-refractivity contribution >= 4 is 17.1 Å². The first-order valence-corrected chi connectivity index (χ1v) is 7.03. The molecule has 3 heteroatoms. The van der Waals surface area contributed by atoms with Gasteiger partial charge in [0, 0.05) is 0 Å². The van der Waals surface area contributed by atoms with Crippen molar-refractivity contribution in [2.45, 2.75) is 32.1 Å². The summed E-state index contributed by atoms with van der Waals surface area (Å²) in [6, 6.07) is 3.88. The van der Waals surface area contributed by atoms with Crippen LogP contribution in [-0.4, -0.2) is 30.3 Å². The van der Waals surface area contributed by atoms with E-state index in [0.717, 1.165) is 18.0 Å². The molecule has 0 aliphatic carbocycles. The van der Waals surface area contributed by atoms with E-state index < -0.39 is 0 Å². The Labute approximate surface area is 101 Å². The molecule has 0 saturated carbocycles. The van der Waals surface area contributed by atoms with Crippen molar-refractivity contribution in [2.75, 3.05) is 19.6 Å². The van der Waals surface area contributed by atoms with Crippen molar-refractivity contribution < 1.29 is 4.79 Å². The molecule has 0 spiro atoms. The van der Waals surface area contributed by atoms with E-state index in [0.29, 0.717) is 6.54 Å². The lowest BCUT2D eigenvalue weighted by Crippen LogP contribution is -2.32. The molecule has 0 aromatic carbocycles. The van der Waals surface area contributed by atoms with Gasteiger partial charge in [-0.15, -0.1) is 11.3 Å². The molecule has 0 radical (unpaired) electrons. The Balaban J connectivity index is 1.85. The van der Waals surface area contributed by atoms with Crippen LogP contribution in [0.15, 0.2) is 17.5 Å². The molecular formula is C13H19NOS. The first-order chi connectivity index (χ1) is 7.86. The number of rotatable bonds is 3. The third kappa shape index (κ3) is 3.42. The zero-order valence-electron chi connectivity index (χ0n) is 9.65. The second-order valence-electron chi connectivity index (χ2n) is 4.44. The van der Waals surface area contributed by atoms with Crippen LogP contribution in [0.3, 0.4) is 0 Å². The fourth-order valence-electron chi connectivity index (χ4n) is 2.19. The summed E-state index contributed by atoms with van der Waals surface area (Å²) < 4.78 is 0. The normalized spacial score (nSPS) is 19.0. The van der Waals surface area contributed by atoms with Gasteiger partial charge in [0.2, 0.25) is 0 Å².